The standard InChI is InChI=1S/C13H19NO5/c1-8(15)5-13(2,3)7-14-11(16)10-4-9(6-19-10)12(17)18/h4,6,8,15H,5,7H2,1-3H3,(H,14,16)(H,17,18). The van der Waals surface area contributed by atoms with Gasteiger partial charge in [0.2, 0.25) is 0 Å². The zero-order chi connectivity index (χ0) is 14.6. The second kappa shape index (κ2) is 5.88. The van der Waals surface area contributed by atoms with Gasteiger partial charge in [0.05, 0.1) is 11.7 Å². The van der Waals surface area contributed by atoms with Gasteiger partial charge in [-0.25, -0.2) is 4.79 Å². The minimum atomic E-state index is -1.14. The van der Waals surface area contributed by atoms with Crippen LogP contribution in [0.4, 0.5) is 0 Å². The molecule has 106 valence electrons. The number of aliphatic hydroxyl groups is 1. The van der Waals surface area contributed by atoms with Crippen LogP contribution >= 0.6 is 0 Å². The monoisotopic (exact) mass is 269 g/mol. The summed E-state index contributed by atoms with van der Waals surface area (Å²) in [6.45, 7) is 5.89. The van der Waals surface area contributed by atoms with Gasteiger partial charge in [0.15, 0.2) is 5.76 Å². The minimum absolute atomic E-state index is 0.0368. The number of carbonyl (C=O) groups is 2. The van der Waals surface area contributed by atoms with E-state index < -0.39 is 18.0 Å². The zero-order valence-electron chi connectivity index (χ0n) is 11.3. The molecular weight excluding hydrogens is 250 g/mol. The average molecular weight is 269 g/mol. The molecule has 1 aromatic rings. The number of amides is 1. The number of carboxylic acids is 1. The average Bonchev–Trinajstić information content (AvgIpc) is 2.73. The number of hydrogen-bond acceptors (Lipinski definition) is 4. The Morgan fingerprint density at radius 2 is 2.11 bits per heavy atom. The third-order valence-corrected chi connectivity index (χ3v) is 2.65. The fourth-order valence-electron chi connectivity index (χ4n) is 1.85. The highest BCUT2D eigenvalue weighted by atomic mass is 16.4. The van der Waals surface area contributed by atoms with Crippen LogP contribution in [0.1, 0.15) is 48.1 Å². The van der Waals surface area contributed by atoms with E-state index in [0.29, 0.717) is 13.0 Å². The van der Waals surface area contributed by atoms with E-state index in [1.54, 1.807) is 6.92 Å². The van der Waals surface area contributed by atoms with Gasteiger partial charge < -0.3 is 19.9 Å². The van der Waals surface area contributed by atoms with Crippen molar-refractivity contribution in [3.05, 3.63) is 23.7 Å². The number of hydrogen-bond donors (Lipinski definition) is 3. The summed E-state index contributed by atoms with van der Waals surface area (Å²) in [6.07, 6.45) is 1.12. The number of aromatic carboxylic acids is 1. The van der Waals surface area contributed by atoms with Crippen molar-refractivity contribution in [1.29, 1.82) is 0 Å². The summed E-state index contributed by atoms with van der Waals surface area (Å²) < 4.78 is 4.89. The molecule has 0 saturated carbocycles. The van der Waals surface area contributed by atoms with Crippen LogP contribution in [0.3, 0.4) is 0 Å². The Balaban J connectivity index is 2.57. The van der Waals surface area contributed by atoms with Crippen molar-refractivity contribution in [2.24, 2.45) is 5.41 Å². The van der Waals surface area contributed by atoms with E-state index in [4.69, 9.17) is 9.52 Å². The highest BCUT2D eigenvalue weighted by Gasteiger charge is 2.22. The zero-order valence-corrected chi connectivity index (χ0v) is 11.3. The fourth-order valence-corrected chi connectivity index (χ4v) is 1.85. The molecule has 1 unspecified atom stereocenters. The highest BCUT2D eigenvalue weighted by Crippen LogP contribution is 2.21. The molecule has 0 spiro atoms. The molecule has 19 heavy (non-hydrogen) atoms. The summed E-state index contributed by atoms with van der Waals surface area (Å²) in [5.41, 5.74) is -0.320. The van der Waals surface area contributed by atoms with Gasteiger partial charge >= 0.3 is 5.97 Å². The van der Waals surface area contributed by atoms with Crippen molar-refractivity contribution in [3.63, 3.8) is 0 Å². The van der Waals surface area contributed by atoms with Crippen molar-refractivity contribution in [2.75, 3.05) is 6.54 Å². The quantitative estimate of drug-likeness (QED) is 0.726. The van der Waals surface area contributed by atoms with Gasteiger partial charge in [-0.2, -0.15) is 0 Å². The first-order valence-electron chi connectivity index (χ1n) is 5.99. The molecule has 6 heteroatoms. The molecule has 0 aromatic carbocycles. The summed E-state index contributed by atoms with van der Waals surface area (Å²) >= 11 is 0. The Hall–Kier alpha value is -1.82. The lowest BCUT2D eigenvalue weighted by Gasteiger charge is -2.26. The van der Waals surface area contributed by atoms with Gasteiger partial charge in [-0.15, -0.1) is 0 Å². The third kappa shape index (κ3) is 4.75. The molecule has 0 saturated heterocycles. The van der Waals surface area contributed by atoms with Gasteiger partial charge in [-0.1, -0.05) is 13.8 Å². The van der Waals surface area contributed by atoms with Gasteiger partial charge in [0.1, 0.15) is 6.26 Å². The predicted molar refractivity (Wildman–Crippen MR) is 68.1 cm³/mol. The van der Waals surface area contributed by atoms with Crippen LogP contribution < -0.4 is 5.32 Å². The molecule has 0 radical (unpaired) electrons. The molecule has 0 aliphatic rings. The predicted octanol–water partition coefficient (Wildman–Crippen LogP) is 1.50. The number of rotatable bonds is 6. The van der Waals surface area contributed by atoms with E-state index in [0.717, 1.165) is 6.26 Å². The van der Waals surface area contributed by atoms with Crippen LogP contribution in [0, 0.1) is 5.41 Å². The first-order valence-corrected chi connectivity index (χ1v) is 5.99. The summed E-state index contributed by atoms with van der Waals surface area (Å²) in [6, 6.07) is 1.18. The van der Waals surface area contributed by atoms with E-state index in [-0.39, 0.29) is 16.7 Å². The Bertz CT molecular complexity index is 461. The Morgan fingerprint density at radius 1 is 1.47 bits per heavy atom. The number of carbonyl (C=O) groups excluding carboxylic acids is 1. The van der Waals surface area contributed by atoms with Crippen LogP contribution in [-0.4, -0.2) is 34.7 Å². The molecule has 1 heterocycles. The van der Waals surface area contributed by atoms with Gasteiger partial charge in [0, 0.05) is 12.6 Å². The summed E-state index contributed by atoms with van der Waals surface area (Å²) in [7, 11) is 0. The Labute approximate surface area is 111 Å². The maximum absolute atomic E-state index is 11.8. The lowest BCUT2D eigenvalue weighted by molar-refractivity contribution is 0.0695. The Kier molecular flexibility index (Phi) is 4.72. The van der Waals surface area contributed by atoms with Crippen molar-refractivity contribution in [3.8, 4) is 0 Å². The molecule has 1 amide bonds. The second-order valence-electron chi connectivity index (χ2n) is 5.40. The number of nitrogens with one attached hydrogen (secondary N) is 1. The first kappa shape index (κ1) is 15.2. The second-order valence-corrected chi connectivity index (χ2v) is 5.40. The lowest BCUT2D eigenvalue weighted by Crippen LogP contribution is -2.35. The molecule has 3 N–H and O–H groups in total. The Morgan fingerprint density at radius 3 is 2.58 bits per heavy atom. The molecule has 0 aliphatic heterocycles. The van der Waals surface area contributed by atoms with Crippen molar-refractivity contribution in [1.82, 2.24) is 5.32 Å². The maximum Gasteiger partial charge on any atom is 0.338 e. The van der Waals surface area contributed by atoms with Crippen LogP contribution in [0.15, 0.2) is 16.7 Å². The molecule has 1 atom stereocenters. The molecule has 0 fully saturated rings. The van der Waals surface area contributed by atoms with E-state index in [9.17, 15) is 14.7 Å². The van der Waals surface area contributed by atoms with E-state index in [2.05, 4.69) is 5.32 Å². The van der Waals surface area contributed by atoms with Crippen LogP contribution in [0.25, 0.3) is 0 Å². The highest BCUT2D eigenvalue weighted by molar-refractivity contribution is 5.95. The van der Waals surface area contributed by atoms with Crippen LogP contribution in [-0.2, 0) is 0 Å². The van der Waals surface area contributed by atoms with Gasteiger partial charge in [-0.3, -0.25) is 4.79 Å². The molecule has 0 aliphatic carbocycles. The summed E-state index contributed by atoms with van der Waals surface area (Å²) in [5, 5.41) is 20.7. The SMILES string of the molecule is CC(O)CC(C)(C)CNC(=O)c1cc(C(=O)O)co1. The molecule has 1 aromatic heterocycles. The van der Waals surface area contributed by atoms with Crippen LogP contribution in [0.5, 0.6) is 0 Å². The molecule has 1 rings (SSSR count). The fraction of sp³-hybridized carbons (Fsp3) is 0.538. The van der Waals surface area contributed by atoms with Crippen molar-refractivity contribution < 1.29 is 24.2 Å². The van der Waals surface area contributed by atoms with E-state index >= 15 is 0 Å². The topological polar surface area (TPSA) is 99.8 Å². The maximum atomic E-state index is 11.8. The third-order valence-electron chi connectivity index (χ3n) is 2.65. The largest absolute Gasteiger partial charge is 0.478 e. The summed E-state index contributed by atoms with van der Waals surface area (Å²) in [4.78, 5) is 22.4. The van der Waals surface area contributed by atoms with Crippen LogP contribution in [0.2, 0.25) is 0 Å². The van der Waals surface area contributed by atoms with Crippen molar-refractivity contribution >= 4 is 11.9 Å². The number of carboxylic acid groups (broad SMARTS) is 1. The summed E-state index contributed by atoms with van der Waals surface area (Å²) in [5.74, 6) is -1.64. The number of furan rings is 1. The van der Waals surface area contributed by atoms with E-state index in [1.165, 1.54) is 6.07 Å². The normalized spacial score (nSPS) is 13.1. The number of aliphatic hydroxyl groups excluding tert-OH is 1. The van der Waals surface area contributed by atoms with E-state index in [1.807, 2.05) is 13.8 Å². The first-order chi connectivity index (χ1) is 8.71. The lowest BCUT2D eigenvalue weighted by atomic mass is 9.87. The van der Waals surface area contributed by atoms with Crippen molar-refractivity contribution in [2.45, 2.75) is 33.3 Å². The molecule has 6 nitrogen and oxygen atoms in total. The smallest absolute Gasteiger partial charge is 0.338 e. The van der Waals surface area contributed by atoms with Gasteiger partial charge in [-0.05, 0) is 18.8 Å². The van der Waals surface area contributed by atoms with Gasteiger partial charge in [0.25, 0.3) is 5.91 Å². The minimum Gasteiger partial charge on any atom is -0.478 e. The molecule has 0 bridgehead atoms. The molecular formula is C13H19NO5.